The predicted octanol–water partition coefficient (Wildman–Crippen LogP) is 2.30. The molecular weight excluding hydrogens is 249 g/mol. The molecule has 1 rings (SSSR count). The lowest BCUT2D eigenvalue weighted by Gasteiger charge is -2.30. The van der Waals surface area contributed by atoms with Gasteiger partial charge in [0.2, 0.25) is 0 Å². The zero-order valence-electron chi connectivity index (χ0n) is 7.19. The van der Waals surface area contributed by atoms with Gasteiger partial charge in [-0.2, -0.15) is 30.7 Å². The van der Waals surface area contributed by atoms with Crippen LogP contribution in [0.2, 0.25) is 0 Å². The van der Waals surface area contributed by atoms with E-state index in [1.54, 1.807) is 0 Å². The minimum absolute atomic E-state index is 0.155. The minimum atomic E-state index is -6.43. The Bertz CT molecular complexity index is 330. The Morgan fingerprint density at radius 1 is 1.06 bits per heavy atom. The van der Waals surface area contributed by atoms with Gasteiger partial charge in [-0.3, -0.25) is 0 Å². The van der Waals surface area contributed by atoms with E-state index in [0.717, 1.165) is 0 Å². The Hall–Kier alpha value is -1.28. The molecule has 1 heterocycles. The second-order valence-corrected chi connectivity index (χ2v) is 2.91. The molecule has 1 aliphatic rings. The molecule has 1 unspecified atom stereocenters. The van der Waals surface area contributed by atoms with Crippen LogP contribution in [-0.2, 0) is 9.53 Å². The molecule has 2 nitrogen and oxygen atoms in total. The molecule has 0 aromatic heterocycles. The molecule has 0 saturated heterocycles. The number of hydrogen-bond donors (Lipinski definition) is 0. The molecular formula is C7H3F7O2. The summed E-state index contributed by atoms with van der Waals surface area (Å²) in [5.74, 6) is -13.2. The van der Waals surface area contributed by atoms with Crippen LogP contribution in [0.25, 0.3) is 0 Å². The Morgan fingerprint density at radius 2 is 1.56 bits per heavy atom. The molecule has 0 fully saturated rings. The van der Waals surface area contributed by atoms with Crippen molar-refractivity contribution in [2.24, 2.45) is 0 Å². The summed E-state index contributed by atoms with van der Waals surface area (Å²) in [4.78, 5) is 10.3. The van der Waals surface area contributed by atoms with Crippen molar-refractivity contribution in [3.8, 4) is 0 Å². The number of ether oxygens (including phenoxy) is 1. The number of carbonyl (C=O) groups excluding carboxylic acids is 1. The van der Waals surface area contributed by atoms with E-state index in [1.165, 1.54) is 0 Å². The van der Waals surface area contributed by atoms with E-state index in [0.29, 0.717) is 6.08 Å². The first-order valence-corrected chi connectivity index (χ1v) is 3.71. The monoisotopic (exact) mass is 252 g/mol. The van der Waals surface area contributed by atoms with E-state index >= 15 is 0 Å². The maximum absolute atomic E-state index is 12.8. The van der Waals surface area contributed by atoms with Gasteiger partial charge in [-0.25, -0.2) is 4.79 Å². The summed E-state index contributed by atoms with van der Waals surface area (Å²) >= 11 is 0. The van der Waals surface area contributed by atoms with Gasteiger partial charge in [0.25, 0.3) is 0 Å². The number of carbonyl (C=O) groups is 1. The lowest BCUT2D eigenvalue weighted by molar-refractivity contribution is -0.366. The standard InChI is InChI=1S/C7H3F7O2/c8-5(9,3-1-2-4(15)16-3)6(10,11)7(12,13)14/h1-3H. The summed E-state index contributed by atoms with van der Waals surface area (Å²) in [7, 11) is 0. The number of esters is 1. The van der Waals surface area contributed by atoms with Crippen molar-refractivity contribution < 1.29 is 40.3 Å². The van der Waals surface area contributed by atoms with E-state index < -0.39 is 30.1 Å². The molecule has 1 atom stereocenters. The van der Waals surface area contributed by atoms with Crippen LogP contribution in [0.1, 0.15) is 0 Å². The van der Waals surface area contributed by atoms with Crippen LogP contribution >= 0.6 is 0 Å². The van der Waals surface area contributed by atoms with Gasteiger partial charge in [-0.05, 0) is 6.08 Å². The largest absolute Gasteiger partial charge is 0.460 e. The lowest BCUT2D eigenvalue weighted by Crippen LogP contribution is -2.57. The first-order chi connectivity index (χ1) is 7.00. The van der Waals surface area contributed by atoms with Gasteiger partial charge < -0.3 is 4.74 Å². The Kier molecular flexibility index (Phi) is 2.68. The predicted molar refractivity (Wildman–Crippen MR) is 35.0 cm³/mol. The summed E-state index contributed by atoms with van der Waals surface area (Å²) in [6.45, 7) is 0. The summed E-state index contributed by atoms with van der Waals surface area (Å²) in [5, 5.41) is 0. The third-order valence-corrected chi connectivity index (χ3v) is 1.78. The molecule has 0 spiro atoms. The quantitative estimate of drug-likeness (QED) is 0.556. The number of cyclic esters (lactones) is 1. The fraction of sp³-hybridized carbons (Fsp3) is 0.571. The van der Waals surface area contributed by atoms with Crippen molar-refractivity contribution in [1.29, 1.82) is 0 Å². The average molecular weight is 252 g/mol. The van der Waals surface area contributed by atoms with Gasteiger partial charge in [0.15, 0.2) is 6.10 Å². The number of rotatable bonds is 2. The normalized spacial score (nSPS) is 22.4. The Labute approximate surface area is 83.7 Å². The van der Waals surface area contributed by atoms with E-state index in [9.17, 15) is 35.5 Å². The van der Waals surface area contributed by atoms with Gasteiger partial charge in [-0.1, -0.05) is 0 Å². The van der Waals surface area contributed by atoms with E-state index in [-0.39, 0.29) is 6.08 Å². The van der Waals surface area contributed by atoms with Gasteiger partial charge in [0.1, 0.15) is 0 Å². The molecule has 0 amide bonds. The van der Waals surface area contributed by atoms with Crippen LogP contribution in [0.5, 0.6) is 0 Å². The molecule has 0 saturated carbocycles. The molecule has 1 aliphatic heterocycles. The minimum Gasteiger partial charge on any atom is -0.448 e. The molecule has 9 heteroatoms. The van der Waals surface area contributed by atoms with Crippen LogP contribution < -0.4 is 0 Å². The maximum atomic E-state index is 12.8. The smallest absolute Gasteiger partial charge is 0.448 e. The average Bonchev–Trinajstić information content (AvgIpc) is 2.49. The highest BCUT2D eigenvalue weighted by molar-refractivity contribution is 5.84. The molecule has 0 radical (unpaired) electrons. The van der Waals surface area contributed by atoms with Crippen molar-refractivity contribution >= 4 is 5.97 Å². The van der Waals surface area contributed by atoms with Crippen molar-refractivity contribution in [3.63, 3.8) is 0 Å². The zero-order valence-corrected chi connectivity index (χ0v) is 7.19. The second kappa shape index (κ2) is 3.36. The SMILES string of the molecule is O=C1C=CC(C(F)(F)C(F)(F)C(F)(F)F)O1. The van der Waals surface area contributed by atoms with Crippen molar-refractivity contribution in [2.45, 2.75) is 24.1 Å². The molecule has 0 N–H and O–H groups in total. The van der Waals surface area contributed by atoms with E-state index in [4.69, 9.17) is 0 Å². The fourth-order valence-electron chi connectivity index (χ4n) is 0.932. The first-order valence-electron chi connectivity index (χ1n) is 3.71. The highest BCUT2D eigenvalue weighted by Crippen LogP contribution is 2.49. The Balaban J connectivity index is 3.02. The third-order valence-electron chi connectivity index (χ3n) is 1.78. The molecule has 16 heavy (non-hydrogen) atoms. The van der Waals surface area contributed by atoms with Crippen LogP contribution in [0.3, 0.4) is 0 Å². The summed E-state index contributed by atoms with van der Waals surface area (Å²) < 4.78 is 89.0. The molecule has 92 valence electrons. The summed E-state index contributed by atoms with van der Waals surface area (Å²) in [6.07, 6.45) is -8.84. The summed E-state index contributed by atoms with van der Waals surface area (Å²) in [6, 6.07) is 0. The maximum Gasteiger partial charge on any atom is 0.460 e. The van der Waals surface area contributed by atoms with Crippen LogP contribution in [0.4, 0.5) is 30.7 Å². The molecule has 0 aromatic carbocycles. The van der Waals surface area contributed by atoms with Crippen LogP contribution in [0, 0.1) is 0 Å². The Morgan fingerprint density at radius 3 is 1.88 bits per heavy atom. The van der Waals surface area contributed by atoms with Gasteiger partial charge in [-0.15, -0.1) is 0 Å². The van der Waals surface area contributed by atoms with Crippen LogP contribution in [-0.4, -0.2) is 30.1 Å². The lowest BCUT2D eigenvalue weighted by atomic mass is 10.1. The van der Waals surface area contributed by atoms with Gasteiger partial charge in [0.05, 0.1) is 0 Å². The number of halogens is 7. The van der Waals surface area contributed by atoms with Crippen molar-refractivity contribution in [1.82, 2.24) is 0 Å². The first kappa shape index (κ1) is 12.8. The molecule has 0 bridgehead atoms. The zero-order chi connectivity index (χ0) is 12.8. The number of alkyl halides is 7. The van der Waals surface area contributed by atoms with E-state index in [2.05, 4.69) is 4.74 Å². The summed E-state index contributed by atoms with van der Waals surface area (Å²) in [5.41, 5.74) is 0. The highest BCUT2D eigenvalue weighted by atomic mass is 19.4. The third kappa shape index (κ3) is 1.74. The molecule has 0 aliphatic carbocycles. The van der Waals surface area contributed by atoms with Crippen molar-refractivity contribution in [3.05, 3.63) is 12.2 Å². The fourth-order valence-corrected chi connectivity index (χ4v) is 0.932. The number of hydrogen-bond acceptors (Lipinski definition) is 2. The van der Waals surface area contributed by atoms with Crippen LogP contribution in [0.15, 0.2) is 12.2 Å². The topological polar surface area (TPSA) is 26.3 Å². The van der Waals surface area contributed by atoms with Gasteiger partial charge >= 0.3 is 24.0 Å². The highest BCUT2D eigenvalue weighted by Gasteiger charge is 2.76. The van der Waals surface area contributed by atoms with Crippen molar-refractivity contribution in [2.75, 3.05) is 0 Å². The molecule has 0 aromatic rings. The van der Waals surface area contributed by atoms with Gasteiger partial charge in [0, 0.05) is 6.08 Å². The van der Waals surface area contributed by atoms with E-state index in [1.807, 2.05) is 0 Å². The second-order valence-electron chi connectivity index (χ2n) is 2.91.